The van der Waals surface area contributed by atoms with Gasteiger partial charge in [-0.2, -0.15) is 0 Å². The van der Waals surface area contributed by atoms with Gasteiger partial charge in [-0.25, -0.2) is 4.39 Å². The second kappa shape index (κ2) is 7.96. The van der Waals surface area contributed by atoms with Crippen LogP contribution >= 0.6 is 0 Å². The summed E-state index contributed by atoms with van der Waals surface area (Å²) in [4.78, 5) is 2.39. The van der Waals surface area contributed by atoms with Crippen LogP contribution in [0, 0.1) is 5.82 Å². The summed E-state index contributed by atoms with van der Waals surface area (Å²) >= 11 is 0. The van der Waals surface area contributed by atoms with E-state index in [0.29, 0.717) is 18.4 Å². The normalized spacial score (nSPS) is 16.7. The number of rotatable bonds is 6. The maximum Gasteiger partial charge on any atom is 0.194 e. The van der Waals surface area contributed by atoms with E-state index in [1.54, 1.807) is 12.1 Å². The third-order valence-electron chi connectivity index (χ3n) is 5.25. The molecule has 1 aliphatic rings. The smallest absolute Gasteiger partial charge is 0.194 e. The standard InChI is InChI=1S/C21H26FNO3/c1-2-10-23(11-9-14-3-7-17(24)8-4-14)16-6-5-15-12-19(25)21(26)20(22)18(15)13-16/h3-4,7-8,12,16,24-26H,2,5-6,9-11,13H2,1H3. The molecule has 1 atom stereocenters. The number of benzene rings is 2. The van der Waals surface area contributed by atoms with Gasteiger partial charge in [-0.1, -0.05) is 19.1 Å². The van der Waals surface area contributed by atoms with Crippen molar-refractivity contribution in [1.29, 1.82) is 0 Å². The summed E-state index contributed by atoms with van der Waals surface area (Å²) in [5.74, 6) is -1.44. The first-order valence-corrected chi connectivity index (χ1v) is 9.23. The van der Waals surface area contributed by atoms with Gasteiger partial charge in [0, 0.05) is 12.6 Å². The number of hydrogen-bond donors (Lipinski definition) is 3. The zero-order valence-electron chi connectivity index (χ0n) is 15.1. The number of phenols is 3. The Morgan fingerprint density at radius 1 is 1.12 bits per heavy atom. The molecule has 0 aliphatic heterocycles. The van der Waals surface area contributed by atoms with Crippen LogP contribution in [0.5, 0.6) is 17.2 Å². The number of nitrogens with zero attached hydrogens (tertiary/aromatic N) is 1. The van der Waals surface area contributed by atoms with Crippen LogP contribution in [0.3, 0.4) is 0 Å². The fourth-order valence-corrected chi connectivity index (χ4v) is 3.83. The zero-order chi connectivity index (χ0) is 18.7. The Morgan fingerprint density at radius 2 is 1.85 bits per heavy atom. The topological polar surface area (TPSA) is 63.9 Å². The molecule has 0 amide bonds. The molecule has 0 heterocycles. The number of aryl methyl sites for hydroxylation is 1. The van der Waals surface area contributed by atoms with Crippen LogP contribution in [0.2, 0.25) is 0 Å². The maximum absolute atomic E-state index is 14.4. The molecule has 0 saturated heterocycles. The number of halogens is 1. The van der Waals surface area contributed by atoms with Gasteiger partial charge in [-0.3, -0.25) is 4.90 Å². The highest BCUT2D eigenvalue weighted by molar-refractivity contribution is 5.48. The lowest BCUT2D eigenvalue weighted by molar-refractivity contribution is 0.180. The van der Waals surface area contributed by atoms with Crippen molar-refractivity contribution in [2.75, 3.05) is 13.1 Å². The van der Waals surface area contributed by atoms with Gasteiger partial charge in [0.2, 0.25) is 0 Å². The Labute approximate surface area is 153 Å². The third kappa shape index (κ3) is 3.93. The van der Waals surface area contributed by atoms with E-state index in [2.05, 4.69) is 11.8 Å². The predicted molar refractivity (Wildman–Crippen MR) is 99.2 cm³/mol. The van der Waals surface area contributed by atoms with Crippen LogP contribution in [0.1, 0.15) is 36.5 Å². The zero-order valence-corrected chi connectivity index (χ0v) is 15.1. The Kier molecular flexibility index (Phi) is 5.67. The van der Waals surface area contributed by atoms with Gasteiger partial charge in [0.25, 0.3) is 0 Å². The number of hydrogen-bond acceptors (Lipinski definition) is 4. The lowest BCUT2D eigenvalue weighted by atomic mass is 9.86. The summed E-state index contributed by atoms with van der Waals surface area (Å²) in [6.07, 6.45) is 4.04. The van der Waals surface area contributed by atoms with Crippen molar-refractivity contribution in [1.82, 2.24) is 4.90 Å². The van der Waals surface area contributed by atoms with Crippen molar-refractivity contribution in [3.05, 3.63) is 52.8 Å². The molecule has 0 spiro atoms. The van der Waals surface area contributed by atoms with Crippen molar-refractivity contribution in [2.24, 2.45) is 0 Å². The van der Waals surface area contributed by atoms with E-state index < -0.39 is 11.6 Å². The second-order valence-corrected chi connectivity index (χ2v) is 7.04. The molecular weight excluding hydrogens is 333 g/mol. The summed E-state index contributed by atoms with van der Waals surface area (Å²) in [5, 5.41) is 28.7. The minimum atomic E-state index is -0.681. The molecule has 2 aromatic carbocycles. The molecule has 1 aliphatic carbocycles. The summed E-state index contributed by atoms with van der Waals surface area (Å²) in [5.41, 5.74) is 2.49. The number of aromatic hydroxyl groups is 3. The van der Waals surface area contributed by atoms with E-state index in [0.717, 1.165) is 43.5 Å². The van der Waals surface area contributed by atoms with E-state index in [-0.39, 0.29) is 17.5 Å². The van der Waals surface area contributed by atoms with E-state index in [1.165, 1.54) is 6.07 Å². The summed E-state index contributed by atoms with van der Waals surface area (Å²) in [6, 6.07) is 8.96. The molecule has 5 heteroatoms. The molecule has 0 saturated carbocycles. The van der Waals surface area contributed by atoms with Crippen molar-refractivity contribution < 1.29 is 19.7 Å². The Hall–Kier alpha value is -2.27. The molecule has 1 unspecified atom stereocenters. The quantitative estimate of drug-likeness (QED) is 0.687. The Morgan fingerprint density at radius 3 is 2.54 bits per heavy atom. The fraction of sp³-hybridized carbons (Fsp3) is 0.429. The van der Waals surface area contributed by atoms with E-state index in [9.17, 15) is 19.7 Å². The van der Waals surface area contributed by atoms with E-state index >= 15 is 0 Å². The third-order valence-corrected chi connectivity index (χ3v) is 5.25. The average molecular weight is 359 g/mol. The van der Waals surface area contributed by atoms with Crippen LogP contribution < -0.4 is 0 Å². The summed E-state index contributed by atoms with van der Waals surface area (Å²) < 4.78 is 14.4. The molecule has 26 heavy (non-hydrogen) atoms. The van der Waals surface area contributed by atoms with Crippen molar-refractivity contribution in [2.45, 2.75) is 45.1 Å². The molecule has 4 nitrogen and oxygen atoms in total. The minimum absolute atomic E-state index is 0.220. The minimum Gasteiger partial charge on any atom is -0.508 e. The van der Waals surface area contributed by atoms with E-state index in [4.69, 9.17) is 0 Å². The van der Waals surface area contributed by atoms with Crippen LogP contribution in [0.15, 0.2) is 30.3 Å². The highest BCUT2D eigenvalue weighted by Gasteiger charge is 2.28. The van der Waals surface area contributed by atoms with E-state index in [1.807, 2.05) is 12.1 Å². The summed E-state index contributed by atoms with van der Waals surface area (Å²) in [6.45, 7) is 3.93. The lowest BCUT2D eigenvalue weighted by Gasteiger charge is -2.35. The molecule has 3 rings (SSSR count). The molecule has 2 aromatic rings. The lowest BCUT2D eigenvalue weighted by Crippen LogP contribution is -2.41. The first-order valence-electron chi connectivity index (χ1n) is 9.23. The van der Waals surface area contributed by atoms with Crippen molar-refractivity contribution >= 4 is 0 Å². The number of fused-ring (bicyclic) bond motifs is 1. The van der Waals surface area contributed by atoms with Crippen molar-refractivity contribution in [3.63, 3.8) is 0 Å². The first-order chi connectivity index (χ1) is 12.5. The van der Waals surface area contributed by atoms with Crippen LogP contribution in [-0.4, -0.2) is 39.4 Å². The maximum atomic E-state index is 14.4. The van der Waals surface area contributed by atoms with Gasteiger partial charge >= 0.3 is 0 Å². The highest BCUT2D eigenvalue weighted by atomic mass is 19.1. The van der Waals surface area contributed by atoms with Crippen LogP contribution in [0.4, 0.5) is 4.39 Å². The summed E-state index contributed by atoms with van der Waals surface area (Å²) in [7, 11) is 0. The van der Waals surface area contributed by atoms with Gasteiger partial charge in [-0.05, 0) is 73.5 Å². The number of phenolic OH excluding ortho intramolecular Hbond substituents is 3. The highest BCUT2D eigenvalue weighted by Crippen LogP contribution is 2.37. The largest absolute Gasteiger partial charge is 0.508 e. The molecule has 0 bridgehead atoms. The first kappa shape index (κ1) is 18.5. The SMILES string of the molecule is CCCN(CCc1ccc(O)cc1)C1CCc2cc(O)c(O)c(F)c2C1. The molecule has 0 radical (unpaired) electrons. The van der Waals surface area contributed by atoms with Gasteiger partial charge in [0.05, 0.1) is 0 Å². The average Bonchev–Trinajstić information content (AvgIpc) is 2.64. The molecule has 0 fully saturated rings. The monoisotopic (exact) mass is 359 g/mol. The van der Waals surface area contributed by atoms with Gasteiger partial charge in [0.1, 0.15) is 5.75 Å². The van der Waals surface area contributed by atoms with Gasteiger partial charge < -0.3 is 15.3 Å². The van der Waals surface area contributed by atoms with Crippen LogP contribution in [-0.2, 0) is 19.3 Å². The van der Waals surface area contributed by atoms with Gasteiger partial charge in [-0.15, -0.1) is 0 Å². The van der Waals surface area contributed by atoms with Crippen LogP contribution in [0.25, 0.3) is 0 Å². The molecule has 3 N–H and O–H groups in total. The molecular formula is C21H26FNO3. The Bertz CT molecular complexity index is 761. The fourth-order valence-electron chi connectivity index (χ4n) is 3.83. The predicted octanol–water partition coefficient (Wildman–Crippen LogP) is 3.75. The van der Waals surface area contributed by atoms with Gasteiger partial charge in [0.15, 0.2) is 17.3 Å². The molecule has 0 aromatic heterocycles. The second-order valence-electron chi connectivity index (χ2n) is 7.04. The molecule has 140 valence electrons. The van der Waals surface area contributed by atoms with Crippen molar-refractivity contribution in [3.8, 4) is 17.2 Å². The Balaban J connectivity index is 1.72.